The summed E-state index contributed by atoms with van der Waals surface area (Å²) in [5.41, 5.74) is 0. The van der Waals surface area contributed by atoms with Gasteiger partial charge in [0.15, 0.2) is 0 Å². The van der Waals surface area contributed by atoms with Gasteiger partial charge >= 0.3 is 0 Å². The van der Waals surface area contributed by atoms with Crippen LogP contribution in [0.4, 0.5) is 0 Å². The summed E-state index contributed by atoms with van der Waals surface area (Å²) in [6, 6.07) is 0.881. The van der Waals surface area contributed by atoms with Gasteiger partial charge in [-0.25, -0.2) is 0 Å². The molecule has 0 aliphatic carbocycles. The Morgan fingerprint density at radius 2 is 2.31 bits per heavy atom. The lowest BCUT2D eigenvalue weighted by Gasteiger charge is -2.22. The summed E-state index contributed by atoms with van der Waals surface area (Å²) in [5, 5.41) is 3.64. The molecule has 1 N–H and O–H groups in total. The van der Waals surface area contributed by atoms with Crippen molar-refractivity contribution in [3.8, 4) is 0 Å². The standard InChI is InChI=1S/C11H22N2/c1-2-3-4-7-11-12-9-10-6-5-8-13(10)11/h10-12H,2-9H2,1H3. The third kappa shape index (κ3) is 2.05. The number of nitrogens with zero attached hydrogens (tertiary/aromatic N) is 1. The van der Waals surface area contributed by atoms with Crippen molar-refractivity contribution in [1.29, 1.82) is 0 Å². The smallest absolute Gasteiger partial charge is 0.0600 e. The maximum absolute atomic E-state index is 3.64. The minimum absolute atomic E-state index is 0.721. The number of hydrogen-bond acceptors (Lipinski definition) is 2. The van der Waals surface area contributed by atoms with Crippen LogP contribution in [0.3, 0.4) is 0 Å². The Labute approximate surface area is 81.7 Å². The van der Waals surface area contributed by atoms with E-state index in [1.807, 2.05) is 0 Å². The predicted molar refractivity (Wildman–Crippen MR) is 55.7 cm³/mol. The van der Waals surface area contributed by atoms with Crippen LogP contribution < -0.4 is 5.32 Å². The lowest BCUT2D eigenvalue weighted by Crippen LogP contribution is -2.35. The van der Waals surface area contributed by atoms with Crippen molar-refractivity contribution in [1.82, 2.24) is 10.2 Å². The summed E-state index contributed by atoms with van der Waals surface area (Å²) in [4.78, 5) is 2.69. The second-order valence-electron chi connectivity index (χ2n) is 4.45. The third-order valence-electron chi connectivity index (χ3n) is 3.49. The van der Waals surface area contributed by atoms with Crippen LogP contribution in [0.15, 0.2) is 0 Å². The van der Waals surface area contributed by atoms with E-state index in [0.29, 0.717) is 0 Å². The molecule has 0 spiro atoms. The Bertz CT molecular complexity index is 158. The summed E-state index contributed by atoms with van der Waals surface area (Å²) in [6.07, 6.45) is 9.08. The maximum Gasteiger partial charge on any atom is 0.0600 e. The Morgan fingerprint density at radius 3 is 3.15 bits per heavy atom. The molecule has 2 rings (SSSR count). The minimum atomic E-state index is 0.721. The summed E-state index contributed by atoms with van der Waals surface area (Å²) in [6.45, 7) is 4.87. The molecule has 0 aromatic heterocycles. The quantitative estimate of drug-likeness (QED) is 0.669. The molecule has 0 bridgehead atoms. The highest BCUT2D eigenvalue weighted by molar-refractivity contribution is 4.91. The van der Waals surface area contributed by atoms with Gasteiger partial charge in [-0.05, 0) is 19.3 Å². The molecule has 0 aromatic carbocycles. The molecule has 13 heavy (non-hydrogen) atoms. The van der Waals surface area contributed by atoms with Crippen LogP contribution in [0, 0.1) is 0 Å². The van der Waals surface area contributed by atoms with Crippen LogP contribution in [0.5, 0.6) is 0 Å². The second kappa shape index (κ2) is 4.43. The van der Waals surface area contributed by atoms with Crippen LogP contribution in [0.25, 0.3) is 0 Å². The first kappa shape index (κ1) is 9.47. The van der Waals surface area contributed by atoms with Gasteiger partial charge in [0, 0.05) is 19.1 Å². The fraction of sp³-hybridized carbons (Fsp3) is 1.00. The van der Waals surface area contributed by atoms with Gasteiger partial charge in [-0.15, -0.1) is 0 Å². The van der Waals surface area contributed by atoms with Gasteiger partial charge in [0.25, 0.3) is 0 Å². The zero-order valence-corrected chi connectivity index (χ0v) is 8.76. The maximum atomic E-state index is 3.64. The van der Waals surface area contributed by atoms with Gasteiger partial charge in [-0.3, -0.25) is 4.90 Å². The van der Waals surface area contributed by atoms with Crippen LogP contribution in [-0.4, -0.2) is 30.2 Å². The van der Waals surface area contributed by atoms with Crippen molar-refractivity contribution in [3.63, 3.8) is 0 Å². The predicted octanol–water partition coefficient (Wildman–Crippen LogP) is 1.96. The van der Waals surface area contributed by atoms with Crippen molar-refractivity contribution < 1.29 is 0 Å². The summed E-state index contributed by atoms with van der Waals surface area (Å²) >= 11 is 0. The molecule has 0 saturated carbocycles. The fourth-order valence-corrected chi connectivity index (χ4v) is 2.73. The Morgan fingerprint density at radius 1 is 1.38 bits per heavy atom. The molecule has 2 heteroatoms. The molecule has 2 saturated heterocycles. The average Bonchev–Trinajstić information content (AvgIpc) is 2.68. The molecule has 2 fully saturated rings. The number of unbranched alkanes of at least 4 members (excludes halogenated alkanes) is 2. The molecule has 2 atom stereocenters. The van der Waals surface area contributed by atoms with E-state index < -0.39 is 0 Å². The first-order valence-corrected chi connectivity index (χ1v) is 5.91. The lowest BCUT2D eigenvalue weighted by molar-refractivity contribution is 0.222. The van der Waals surface area contributed by atoms with E-state index in [9.17, 15) is 0 Å². The first-order chi connectivity index (χ1) is 6.42. The van der Waals surface area contributed by atoms with Crippen molar-refractivity contribution in [2.24, 2.45) is 0 Å². The van der Waals surface area contributed by atoms with Crippen LogP contribution in [-0.2, 0) is 0 Å². The van der Waals surface area contributed by atoms with E-state index in [2.05, 4.69) is 17.1 Å². The van der Waals surface area contributed by atoms with Crippen molar-refractivity contribution in [3.05, 3.63) is 0 Å². The van der Waals surface area contributed by atoms with Crippen LogP contribution in [0.2, 0.25) is 0 Å². The molecule has 2 aliphatic rings. The molecule has 76 valence electrons. The minimum Gasteiger partial charge on any atom is -0.300 e. The highest BCUT2D eigenvalue weighted by Gasteiger charge is 2.35. The Balaban J connectivity index is 1.74. The van der Waals surface area contributed by atoms with E-state index in [4.69, 9.17) is 0 Å². The normalized spacial score (nSPS) is 33.9. The molecule has 2 aliphatic heterocycles. The molecule has 2 heterocycles. The highest BCUT2D eigenvalue weighted by atomic mass is 15.4. The second-order valence-corrected chi connectivity index (χ2v) is 4.45. The first-order valence-electron chi connectivity index (χ1n) is 5.91. The van der Waals surface area contributed by atoms with Crippen molar-refractivity contribution in [2.75, 3.05) is 13.1 Å². The molecule has 2 unspecified atom stereocenters. The van der Waals surface area contributed by atoms with E-state index in [0.717, 1.165) is 12.2 Å². The van der Waals surface area contributed by atoms with Crippen LogP contribution >= 0.6 is 0 Å². The number of rotatable bonds is 4. The number of hydrogen-bond donors (Lipinski definition) is 1. The van der Waals surface area contributed by atoms with E-state index >= 15 is 0 Å². The monoisotopic (exact) mass is 182 g/mol. The molecular formula is C11H22N2. The van der Waals surface area contributed by atoms with Crippen LogP contribution in [0.1, 0.15) is 45.4 Å². The molecule has 0 amide bonds. The number of nitrogens with one attached hydrogen (secondary N) is 1. The topological polar surface area (TPSA) is 15.3 Å². The molecule has 2 nitrogen and oxygen atoms in total. The van der Waals surface area contributed by atoms with Gasteiger partial charge in [-0.1, -0.05) is 26.2 Å². The van der Waals surface area contributed by atoms with Gasteiger partial charge < -0.3 is 5.32 Å². The summed E-state index contributed by atoms with van der Waals surface area (Å²) in [5.74, 6) is 0. The van der Waals surface area contributed by atoms with Gasteiger partial charge in [0.1, 0.15) is 0 Å². The summed E-state index contributed by atoms with van der Waals surface area (Å²) in [7, 11) is 0. The molecular weight excluding hydrogens is 160 g/mol. The Kier molecular flexibility index (Phi) is 3.23. The van der Waals surface area contributed by atoms with E-state index in [1.54, 1.807) is 0 Å². The third-order valence-corrected chi connectivity index (χ3v) is 3.49. The van der Waals surface area contributed by atoms with Crippen molar-refractivity contribution in [2.45, 2.75) is 57.7 Å². The molecule has 0 aromatic rings. The van der Waals surface area contributed by atoms with Crippen molar-refractivity contribution >= 4 is 0 Å². The zero-order chi connectivity index (χ0) is 9.10. The fourth-order valence-electron chi connectivity index (χ4n) is 2.73. The zero-order valence-electron chi connectivity index (χ0n) is 8.76. The largest absolute Gasteiger partial charge is 0.300 e. The van der Waals surface area contributed by atoms with E-state index in [1.165, 1.54) is 51.6 Å². The average molecular weight is 182 g/mol. The van der Waals surface area contributed by atoms with E-state index in [-0.39, 0.29) is 0 Å². The SMILES string of the molecule is CCCCCC1NCC2CCCN21. The van der Waals surface area contributed by atoms with Gasteiger partial charge in [-0.2, -0.15) is 0 Å². The number of fused-ring (bicyclic) bond motifs is 1. The molecule has 0 radical (unpaired) electrons. The Hall–Kier alpha value is -0.0800. The highest BCUT2D eigenvalue weighted by Crippen LogP contribution is 2.25. The van der Waals surface area contributed by atoms with Gasteiger partial charge in [0.2, 0.25) is 0 Å². The van der Waals surface area contributed by atoms with Gasteiger partial charge in [0.05, 0.1) is 6.17 Å². The summed E-state index contributed by atoms with van der Waals surface area (Å²) < 4.78 is 0. The lowest BCUT2D eigenvalue weighted by atomic mass is 10.1.